The fourth-order valence-corrected chi connectivity index (χ4v) is 2.85. The Labute approximate surface area is 146 Å². The van der Waals surface area contributed by atoms with Crippen LogP contribution in [0, 0.1) is 0 Å². The molecule has 3 rings (SSSR count). The van der Waals surface area contributed by atoms with Gasteiger partial charge >= 0.3 is 0 Å². The smallest absolute Gasteiger partial charge is 0.200 e. The Bertz CT molecular complexity index is 969. The average molecular weight is 334 g/mol. The molecule has 1 heterocycles. The minimum absolute atomic E-state index is 0.0992. The van der Waals surface area contributed by atoms with Gasteiger partial charge < -0.3 is 10.7 Å². The van der Waals surface area contributed by atoms with Crippen LogP contribution in [0.15, 0.2) is 59.5 Å². The zero-order valence-electron chi connectivity index (χ0n) is 14.5. The molecule has 1 aromatic heterocycles. The van der Waals surface area contributed by atoms with Crippen molar-refractivity contribution in [3.05, 3.63) is 81.6 Å². The largest absolute Gasteiger partial charge is 0.360 e. The number of hydrogen-bond donors (Lipinski definition) is 2. The Morgan fingerprint density at radius 3 is 2.44 bits per heavy atom. The molecule has 0 bridgehead atoms. The van der Waals surface area contributed by atoms with Crippen molar-refractivity contribution in [2.75, 3.05) is 6.54 Å². The number of para-hydroxylation sites is 1. The van der Waals surface area contributed by atoms with E-state index in [2.05, 4.69) is 18.8 Å². The molecule has 0 saturated heterocycles. The van der Waals surface area contributed by atoms with E-state index in [1.165, 1.54) is 6.20 Å². The number of Topliss-reactive ketones (excluding diaryl/α,β-unsaturated/α-hetero) is 1. The molecule has 25 heavy (non-hydrogen) atoms. The molecular weight excluding hydrogens is 312 g/mol. The van der Waals surface area contributed by atoms with E-state index < -0.39 is 0 Å². The second kappa shape index (κ2) is 6.65. The minimum Gasteiger partial charge on any atom is -0.360 e. The topological polar surface area (TPSA) is 76.0 Å². The number of aromatic amines is 1. The van der Waals surface area contributed by atoms with Gasteiger partial charge in [0.1, 0.15) is 0 Å². The van der Waals surface area contributed by atoms with E-state index in [0.29, 0.717) is 11.9 Å². The molecule has 3 N–H and O–H groups in total. The van der Waals surface area contributed by atoms with Gasteiger partial charge in [-0.3, -0.25) is 9.59 Å². The maximum Gasteiger partial charge on any atom is 0.200 e. The summed E-state index contributed by atoms with van der Waals surface area (Å²) in [5.74, 6) is -0.183. The Hall–Kier alpha value is -2.72. The summed E-state index contributed by atoms with van der Waals surface area (Å²) in [5, 5.41) is 0.536. The number of benzene rings is 2. The maximum atomic E-state index is 12.6. The van der Waals surface area contributed by atoms with E-state index in [1.54, 1.807) is 12.1 Å². The fraction of sp³-hybridized carbons (Fsp3) is 0.238. The third-order valence-electron chi connectivity index (χ3n) is 4.70. The van der Waals surface area contributed by atoms with E-state index in [4.69, 9.17) is 5.73 Å². The van der Waals surface area contributed by atoms with Gasteiger partial charge in [-0.15, -0.1) is 0 Å². The molecule has 0 amide bonds. The van der Waals surface area contributed by atoms with E-state index in [-0.39, 0.29) is 28.6 Å². The van der Waals surface area contributed by atoms with Crippen molar-refractivity contribution in [2.45, 2.75) is 25.7 Å². The van der Waals surface area contributed by atoms with Crippen LogP contribution in [0.25, 0.3) is 10.9 Å². The summed E-state index contributed by atoms with van der Waals surface area (Å²) in [4.78, 5) is 28.1. The average Bonchev–Trinajstić information content (AvgIpc) is 2.62. The highest BCUT2D eigenvalue weighted by Crippen LogP contribution is 2.22. The number of hydrogen-bond acceptors (Lipinski definition) is 3. The second-order valence-corrected chi connectivity index (χ2v) is 6.96. The summed E-state index contributed by atoms with van der Waals surface area (Å²) >= 11 is 0. The number of nitrogens with one attached hydrogen (secondary N) is 1. The third kappa shape index (κ3) is 3.39. The lowest BCUT2D eigenvalue weighted by atomic mass is 9.84. The first-order valence-corrected chi connectivity index (χ1v) is 8.35. The SMILES string of the molecule is CC(C)(CN)c1ccc(CC(=O)c2c[nH]c3ccccc3c2=O)cc1. The van der Waals surface area contributed by atoms with Gasteiger partial charge in [0, 0.05) is 35.5 Å². The van der Waals surface area contributed by atoms with Crippen LogP contribution in [0.4, 0.5) is 0 Å². The summed E-state index contributed by atoms with van der Waals surface area (Å²) < 4.78 is 0. The van der Waals surface area contributed by atoms with Gasteiger partial charge in [0.25, 0.3) is 0 Å². The van der Waals surface area contributed by atoms with Crippen LogP contribution < -0.4 is 11.2 Å². The molecule has 4 heteroatoms. The van der Waals surface area contributed by atoms with Crippen molar-refractivity contribution >= 4 is 16.7 Å². The summed E-state index contributed by atoms with van der Waals surface area (Å²) in [6.45, 7) is 4.72. The molecule has 0 radical (unpaired) electrons. The molecule has 0 atom stereocenters. The van der Waals surface area contributed by atoms with Gasteiger partial charge in [0.05, 0.1) is 5.56 Å². The third-order valence-corrected chi connectivity index (χ3v) is 4.70. The molecule has 0 spiro atoms. The molecule has 0 aliphatic carbocycles. The predicted octanol–water partition coefficient (Wildman–Crippen LogP) is 3.19. The highest BCUT2D eigenvalue weighted by molar-refractivity contribution is 5.99. The van der Waals surface area contributed by atoms with Gasteiger partial charge in [0.2, 0.25) is 0 Å². The Morgan fingerprint density at radius 1 is 1.08 bits per heavy atom. The highest BCUT2D eigenvalue weighted by Gasteiger charge is 2.19. The normalized spacial score (nSPS) is 11.6. The van der Waals surface area contributed by atoms with Gasteiger partial charge in [-0.1, -0.05) is 50.2 Å². The Kier molecular flexibility index (Phi) is 4.55. The zero-order valence-corrected chi connectivity index (χ0v) is 14.5. The molecule has 4 nitrogen and oxygen atoms in total. The Morgan fingerprint density at radius 2 is 1.76 bits per heavy atom. The van der Waals surface area contributed by atoms with Crippen LogP contribution in [-0.4, -0.2) is 17.3 Å². The number of nitrogens with two attached hydrogens (primary N) is 1. The van der Waals surface area contributed by atoms with Crippen molar-refractivity contribution in [2.24, 2.45) is 5.73 Å². The summed E-state index contributed by atoms with van der Waals surface area (Å²) in [5.41, 5.74) is 8.43. The lowest BCUT2D eigenvalue weighted by molar-refractivity contribution is 0.0992. The van der Waals surface area contributed by atoms with E-state index in [0.717, 1.165) is 16.6 Å². The van der Waals surface area contributed by atoms with Crippen LogP contribution in [-0.2, 0) is 11.8 Å². The monoisotopic (exact) mass is 334 g/mol. The fourth-order valence-electron chi connectivity index (χ4n) is 2.85. The van der Waals surface area contributed by atoms with Gasteiger partial charge in [0.15, 0.2) is 11.2 Å². The van der Waals surface area contributed by atoms with Crippen molar-refractivity contribution in [1.82, 2.24) is 4.98 Å². The zero-order chi connectivity index (χ0) is 18.0. The van der Waals surface area contributed by atoms with Gasteiger partial charge in [-0.05, 0) is 23.3 Å². The minimum atomic E-state index is -0.222. The number of fused-ring (bicyclic) bond motifs is 1. The van der Waals surface area contributed by atoms with E-state index in [9.17, 15) is 9.59 Å². The molecule has 0 aliphatic heterocycles. The van der Waals surface area contributed by atoms with Crippen molar-refractivity contribution in [3.8, 4) is 0 Å². The van der Waals surface area contributed by atoms with Crippen LogP contribution in [0.2, 0.25) is 0 Å². The Balaban J connectivity index is 1.86. The number of ketones is 1. The van der Waals surface area contributed by atoms with Crippen LogP contribution in [0.3, 0.4) is 0 Å². The van der Waals surface area contributed by atoms with Crippen LogP contribution in [0.5, 0.6) is 0 Å². The second-order valence-electron chi connectivity index (χ2n) is 6.96. The lowest BCUT2D eigenvalue weighted by Crippen LogP contribution is -2.28. The maximum absolute atomic E-state index is 12.6. The molecule has 3 aromatic rings. The number of pyridine rings is 1. The van der Waals surface area contributed by atoms with Crippen molar-refractivity contribution in [1.29, 1.82) is 0 Å². The molecular formula is C21H22N2O2. The first kappa shape index (κ1) is 17.1. The summed E-state index contributed by atoms with van der Waals surface area (Å²) in [7, 11) is 0. The number of aromatic nitrogens is 1. The van der Waals surface area contributed by atoms with Crippen molar-refractivity contribution in [3.63, 3.8) is 0 Å². The molecule has 0 aliphatic rings. The van der Waals surface area contributed by atoms with Crippen molar-refractivity contribution < 1.29 is 4.79 Å². The predicted molar refractivity (Wildman–Crippen MR) is 101 cm³/mol. The van der Waals surface area contributed by atoms with E-state index in [1.807, 2.05) is 36.4 Å². The number of carbonyl (C=O) groups excluding carboxylic acids is 1. The van der Waals surface area contributed by atoms with E-state index >= 15 is 0 Å². The number of H-pyrrole nitrogens is 1. The first-order valence-electron chi connectivity index (χ1n) is 8.35. The first-order chi connectivity index (χ1) is 11.9. The number of carbonyl (C=O) groups is 1. The molecule has 0 saturated carbocycles. The van der Waals surface area contributed by atoms with Crippen LogP contribution >= 0.6 is 0 Å². The molecule has 2 aromatic carbocycles. The molecule has 128 valence electrons. The van der Waals surface area contributed by atoms with Gasteiger partial charge in [-0.2, -0.15) is 0 Å². The molecule has 0 unspecified atom stereocenters. The van der Waals surface area contributed by atoms with Gasteiger partial charge in [-0.25, -0.2) is 0 Å². The summed E-state index contributed by atoms with van der Waals surface area (Å²) in [6, 6.07) is 15.1. The van der Waals surface area contributed by atoms with Crippen LogP contribution in [0.1, 0.15) is 35.3 Å². The lowest BCUT2D eigenvalue weighted by Gasteiger charge is -2.23. The molecule has 0 fully saturated rings. The highest BCUT2D eigenvalue weighted by atomic mass is 16.1. The quantitative estimate of drug-likeness (QED) is 0.704. The summed E-state index contributed by atoms with van der Waals surface area (Å²) in [6.07, 6.45) is 1.71. The standard InChI is InChI=1S/C21H22N2O2/c1-21(2,13-22)15-9-7-14(8-10-15)11-19(24)17-12-23-18-6-4-3-5-16(18)20(17)25/h3-10,12H,11,13,22H2,1-2H3,(H,23,25). The number of rotatable bonds is 5.